The number of rotatable bonds is 6. The Bertz CT molecular complexity index is 81.3. The highest BCUT2D eigenvalue weighted by molar-refractivity contribution is 5.36. The lowest BCUT2D eigenvalue weighted by Crippen LogP contribution is -2.07. The second-order valence-corrected chi connectivity index (χ2v) is 2.49. The first kappa shape index (κ1) is 9.47. The number of hydrogen-bond acceptors (Lipinski definition) is 2. The molecular weight excluding hydrogens is 128 g/mol. The lowest BCUT2D eigenvalue weighted by atomic mass is 10.0. The van der Waals surface area contributed by atoms with Crippen LogP contribution in [0.3, 0.4) is 0 Å². The third-order valence-electron chi connectivity index (χ3n) is 1.67. The van der Waals surface area contributed by atoms with E-state index in [9.17, 15) is 4.79 Å². The van der Waals surface area contributed by atoms with E-state index >= 15 is 0 Å². The Morgan fingerprint density at radius 2 is 2.20 bits per heavy atom. The molecule has 60 valence electrons. The minimum Gasteiger partial charge on any atom is -0.468 e. The fourth-order valence-corrected chi connectivity index (χ4v) is 0.989. The molecule has 0 aliphatic rings. The molecular formula is C8H16O2. The molecule has 0 rings (SSSR count). The van der Waals surface area contributed by atoms with Gasteiger partial charge in [-0.1, -0.05) is 26.7 Å². The highest BCUT2D eigenvalue weighted by atomic mass is 16.5. The summed E-state index contributed by atoms with van der Waals surface area (Å²) in [5.41, 5.74) is 0. The van der Waals surface area contributed by atoms with Gasteiger partial charge in [0.15, 0.2) is 0 Å². The Balaban J connectivity index is 3.29. The fraction of sp³-hybridized carbons (Fsp3) is 0.875. The van der Waals surface area contributed by atoms with Gasteiger partial charge in [0.05, 0.1) is 6.61 Å². The smallest absolute Gasteiger partial charge is 0.293 e. The van der Waals surface area contributed by atoms with Gasteiger partial charge in [-0.2, -0.15) is 0 Å². The molecule has 0 aromatic carbocycles. The van der Waals surface area contributed by atoms with E-state index in [0.717, 1.165) is 12.8 Å². The zero-order chi connectivity index (χ0) is 7.82. The van der Waals surface area contributed by atoms with Crippen molar-refractivity contribution in [2.24, 2.45) is 5.92 Å². The number of carbonyl (C=O) groups is 1. The number of carbonyl (C=O) groups excluding carboxylic acids is 1. The molecule has 0 heterocycles. The van der Waals surface area contributed by atoms with Crippen LogP contribution in [0.2, 0.25) is 0 Å². The van der Waals surface area contributed by atoms with Gasteiger partial charge in [-0.15, -0.1) is 0 Å². The van der Waals surface area contributed by atoms with Crippen molar-refractivity contribution in [3.63, 3.8) is 0 Å². The standard InChI is InChI=1S/C8H16O2/c1-3-5-8(4-2)6-10-7-9/h7-8H,3-6H2,1-2H3. The molecule has 2 heteroatoms. The number of hydrogen-bond donors (Lipinski definition) is 0. The summed E-state index contributed by atoms with van der Waals surface area (Å²) < 4.78 is 4.66. The maximum atomic E-state index is 9.81. The Morgan fingerprint density at radius 3 is 2.60 bits per heavy atom. The molecule has 0 aliphatic heterocycles. The predicted molar refractivity (Wildman–Crippen MR) is 40.7 cm³/mol. The molecule has 0 amide bonds. The summed E-state index contributed by atoms with van der Waals surface area (Å²) in [7, 11) is 0. The van der Waals surface area contributed by atoms with E-state index in [1.807, 2.05) is 0 Å². The maximum absolute atomic E-state index is 9.81. The molecule has 0 bridgehead atoms. The Hall–Kier alpha value is -0.530. The van der Waals surface area contributed by atoms with Crippen molar-refractivity contribution in [1.82, 2.24) is 0 Å². The first-order valence-corrected chi connectivity index (χ1v) is 3.90. The second kappa shape index (κ2) is 6.59. The van der Waals surface area contributed by atoms with Gasteiger partial charge in [0, 0.05) is 0 Å². The summed E-state index contributed by atoms with van der Waals surface area (Å²) in [6.45, 7) is 5.38. The van der Waals surface area contributed by atoms with Crippen LogP contribution in [0.25, 0.3) is 0 Å². The van der Waals surface area contributed by atoms with Gasteiger partial charge in [0.2, 0.25) is 0 Å². The van der Waals surface area contributed by atoms with Crippen LogP contribution < -0.4 is 0 Å². The van der Waals surface area contributed by atoms with Gasteiger partial charge in [0.25, 0.3) is 6.47 Å². The number of ether oxygens (including phenoxy) is 1. The third-order valence-corrected chi connectivity index (χ3v) is 1.67. The van der Waals surface area contributed by atoms with Crippen molar-refractivity contribution in [1.29, 1.82) is 0 Å². The van der Waals surface area contributed by atoms with Crippen LogP contribution in [0.15, 0.2) is 0 Å². The van der Waals surface area contributed by atoms with Crippen LogP contribution in [0.5, 0.6) is 0 Å². The van der Waals surface area contributed by atoms with Crippen molar-refractivity contribution in [3.05, 3.63) is 0 Å². The molecule has 0 saturated carbocycles. The molecule has 0 fully saturated rings. The highest BCUT2D eigenvalue weighted by Crippen LogP contribution is 2.09. The summed E-state index contributed by atoms with van der Waals surface area (Å²) in [6, 6.07) is 0. The third kappa shape index (κ3) is 4.36. The van der Waals surface area contributed by atoms with E-state index in [-0.39, 0.29) is 0 Å². The molecule has 1 unspecified atom stereocenters. The summed E-state index contributed by atoms with van der Waals surface area (Å²) >= 11 is 0. The van der Waals surface area contributed by atoms with E-state index in [1.54, 1.807) is 0 Å². The van der Waals surface area contributed by atoms with Crippen molar-refractivity contribution in [2.45, 2.75) is 33.1 Å². The molecule has 1 atom stereocenters. The van der Waals surface area contributed by atoms with Crippen molar-refractivity contribution >= 4 is 6.47 Å². The average molecular weight is 144 g/mol. The minimum atomic E-state index is 0.526. The summed E-state index contributed by atoms with van der Waals surface area (Å²) in [4.78, 5) is 9.81. The zero-order valence-electron chi connectivity index (χ0n) is 6.80. The molecule has 0 saturated heterocycles. The maximum Gasteiger partial charge on any atom is 0.293 e. The van der Waals surface area contributed by atoms with E-state index in [1.165, 1.54) is 6.42 Å². The van der Waals surface area contributed by atoms with Crippen LogP contribution in [-0.4, -0.2) is 13.1 Å². The SMILES string of the molecule is CCCC(CC)COC=O. The van der Waals surface area contributed by atoms with Crippen molar-refractivity contribution in [2.75, 3.05) is 6.61 Å². The molecule has 0 N–H and O–H groups in total. The summed E-state index contributed by atoms with van der Waals surface area (Å²) in [5.74, 6) is 0.565. The van der Waals surface area contributed by atoms with Gasteiger partial charge in [-0.25, -0.2) is 0 Å². The average Bonchev–Trinajstić information content (AvgIpc) is 1.98. The van der Waals surface area contributed by atoms with Crippen molar-refractivity contribution < 1.29 is 9.53 Å². The Morgan fingerprint density at radius 1 is 1.50 bits per heavy atom. The first-order chi connectivity index (χ1) is 4.85. The first-order valence-electron chi connectivity index (χ1n) is 3.90. The predicted octanol–water partition coefficient (Wildman–Crippen LogP) is 1.99. The molecule has 2 nitrogen and oxygen atoms in total. The Labute approximate surface area is 62.6 Å². The molecule has 0 aromatic heterocycles. The van der Waals surface area contributed by atoms with Crippen LogP contribution in [0.4, 0.5) is 0 Å². The molecule has 10 heavy (non-hydrogen) atoms. The molecule has 0 spiro atoms. The fourth-order valence-electron chi connectivity index (χ4n) is 0.989. The van der Waals surface area contributed by atoms with Gasteiger partial charge in [0.1, 0.15) is 0 Å². The van der Waals surface area contributed by atoms with E-state index < -0.39 is 0 Å². The molecule has 0 aromatic rings. The van der Waals surface area contributed by atoms with E-state index in [0.29, 0.717) is 19.0 Å². The van der Waals surface area contributed by atoms with Gasteiger partial charge >= 0.3 is 0 Å². The minimum absolute atomic E-state index is 0.526. The quantitative estimate of drug-likeness (QED) is 0.533. The zero-order valence-corrected chi connectivity index (χ0v) is 6.80. The van der Waals surface area contributed by atoms with Crippen LogP contribution >= 0.6 is 0 Å². The Kier molecular flexibility index (Phi) is 6.24. The lowest BCUT2D eigenvalue weighted by Gasteiger charge is -2.10. The normalized spacial score (nSPS) is 12.6. The summed E-state index contributed by atoms with van der Waals surface area (Å²) in [5, 5.41) is 0. The van der Waals surface area contributed by atoms with E-state index in [4.69, 9.17) is 0 Å². The monoisotopic (exact) mass is 144 g/mol. The van der Waals surface area contributed by atoms with Crippen LogP contribution in [-0.2, 0) is 9.53 Å². The molecule has 0 aliphatic carbocycles. The second-order valence-electron chi connectivity index (χ2n) is 2.49. The lowest BCUT2D eigenvalue weighted by molar-refractivity contribution is -0.130. The largest absolute Gasteiger partial charge is 0.468 e. The highest BCUT2D eigenvalue weighted by Gasteiger charge is 2.03. The van der Waals surface area contributed by atoms with E-state index in [2.05, 4.69) is 18.6 Å². The van der Waals surface area contributed by atoms with Crippen molar-refractivity contribution in [3.8, 4) is 0 Å². The van der Waals surface area contributed by atoms with Crippen LogP contribution in [0, 0.1) is 5.92 Å². The van der Waals surface area contributed by atoms with Gasteiger partial charge in [-0.3, -0.25) is 4.79 Å². The van der Waals surface area contributed by atoms with Gasteiger partial charge < -0.3 is 4.74 Å². The van der Waals surface area contributed by atoms with Gasteiger partial charge in [-0.05, 0) is 12.3 Å². The summed E-state index contributed by atoms with van der Waals surface area (Å²) in [6.07, 6.45) is 3.42. The van der Waals surface area contributed by atoms with Crippen LogP contribution in [0.1, 0.15) is 33.1 Å². The topological polar surface area (TPSA) is 26.3 Å². The molecule has 0 radical (unpaired) electrons.